The maximum absolute atomic E-state index is 8.25. The molecule has 3 aliphatic heterocycles. The van der Waals surface area contributed by atoms with Gasteiger partial charge in [0.05, 0.1) is 22.4 Å². The second kappa shape index (κ2) is 10.3. The zero-order chi connectivity index (χ0) is 28.2. The Balaban J connectivity index is 1.62. The van der Waals surface area contributed by atoms with E-state index >= 15 is 0 Å². The first-order valence-electron chi connectivity index (χ1n) is 14.7. The summed E-state index contributed by atoms with van der Waals surface area (Å²) in [6.07, 6.45) is 7.93. The number of rotatable bonds is 7. The predicted molar refractivity (Wildman–Crippen MR) is 158 cm³/mol. The van der Waals surface area contributed by atoms with Crippen LogP contribution in [0.15, 0.2) is 23.7 Å². The Bertz CT molecular complexity index is 1090. The second-order valence-electron chi connectivity index (χ2n) is 13.6. The summed E-state index contributed by atoms with van der Waals surface area (Å²) in [5.41, 5.74) is 2.86. The summed E-state index contributed by atoms with van der Waals surface area (Å²) in [6.45, 7) is 17.5. The van der Waals surface area contributed by atoms with Crippen LogP contribution in [0.5, 0.6) is 0 Å². The largest absolute Gasteiger partial charge is 0.494 e. The molecule has 0 bridgehead atoms. The first-order valence-corrected chi connectivity index (χ1v) is 14.7. The molecule has 4 fully saturated rings. The van der Waals surface area contributed by atoms with Crippen LogP contribution in [0.1, 0.15) is 105 Å². The Morgan fingerprint density at radius 2 is 1.41 bits per heavy atom. The number of nitrogens with one attached hydrogen (secondary N) is 2. The van der Waals surface area contributed by atoms with Crippen molar-refractivity contribution in [2.75, 3.05) is 11.9 Å². The van der Waals surface area contributed by atoms with Gasteiger partial charge in [0, 0.05) is 24.1 Å². The van der Waals surface area contributed by atoms with E-state index < -0.39 is 36.6 Å². The van der Waals surface area contributed by atoms with Gasteiger partial charge in [0.1, 0.15) is 6.23 Å². The molecule has 212 valence electrons. The number of hydrogen-bond acceptors (Lipinski definition) is 7. The first-order chi connectivity index (χ1) is 18.2. The highest BCUT2D eigenvalue weighted by Gasteiger charge is 2.58. The molecule has 1 atom stereocenters. The van der Waals surface area contributed by atoms with Gasteiger partial charge in [-0.25, -0.2) is 0 Å². The third kappa shape index (κ3) is 5.38. The van der Waals surface area contributed by atoms with E-state index in [4.69, 9.17) is 28.8 Å². The van der Waals surface area contributed by atoms with Crippen LogP contribution < -0.4 is 5.32 Å². The highest BCUT2D eigenvalue weighted by Crippen LogP contribution is 2.49. The molecule has 1 aromatic rings. The molecular formula is C30H46B2N2O5. The molecule has 9 heteroatoms. The molecule has 0 spiro atoms. The van der Waals surface area contributed by atoms with E-state index in [-0.39, 0.29) is 6.23 Å². The third-order valence-electron chi connectivity index (χ3n) is 9.87. The lowest BCUT2D eigenvalue weighted by molar-refractivity contribution is 0.00578. The predicted octanol–water partition coefficient (Wildman–Crippen LogP) is 6.44. The maximum Gasteiger partial charge on any atom is 0.494 e. The minimum Gasteiger partial charge on any atom is -0.400 e. The van der Waals surface area contributed by atoms with Gasteiger partial charge >= 0.3 is 14.2 Å². The Morgan fingerprint density at radius 1 is 0.821 bits per heavy atom. The van der Waals surface area contributed by atoms with Gasteiger partial charge in [-0.2, -0.15) is 0 Å². The Morgan fingerprint density at radius 3 is 1.90 bits per heavy atom. The third-order valence-corrected chi connectivity index (χ3v) is 9.87. The second-order valence-corrected chi connectivity index (χ2v) is 13.6. The fraction of sp³-hybridized carbons (Fsp3) is 0.700. The minimum atomic E-state index is -0.580. The maximum atomic E-state index is 8.25. The molecule has 3 heterocycles. The molecule has 39 heavy (non-hydrogen) atoms. The van der Waals surface area contributed by atoms with E-state index in [1.165, 1.54) is 12.6 Å². The lowest BCUT2D eigenvalue weighted by Gasteiger charge is -2.33. The number of anilines is 1. The van der Waals surface area contributed by atoms with E-state index in [1.807, 2.05) is 0 Å². The number of ether oxygens (including phenoxy) is 1. The van der Waals surface area contributed by atoms with Gasteiger partial charge < -0.3 is 34.1 Å². The summed E-state index contributed by atoms with van der Waals surface area (Å²) in [7, 11) is -1.07. The van der Waals surface area contributed by atoms with Crippen molar-refractivity contribution in [3.8, 4) is 0 Å². The van der Waals surface area contributed by atoms with Gasteiger partial charge in [-0.1, -0.05) is 12.5 Å². The Kier molecular flexibility index (Phi) is 7.64. The quantitative estimate of drug-likeness (QED) is 0.309. The molecule has 0 aromatic heterocycles. The van der Waals surface area contributed by atoms with E-state index in [0.717, 1.165) is 66.5 Å². The Hall–Kier alpha value is -1.64. The van der Waals surface area contributed by atoms with Crippen molar-refractivity contribution >= 4 is 31.6 Å². The number of benzene rings is 1. The van der Waals surface area contributed by atoms with Crippen molar-refractivity contribution in [2.45, 2.75) is 123 Å². The summed E-state index contributed by atoms with van der Waals surface area (Å²) in [5, 5.41) is 11.8. The van der Waals surface area contributed by atoms with E-state index in [1.54, 1.807) is 0 Å². The molecular weight excluding hydrogens is 490 g/mol. The minimum absolute atomic E-state index is 0.0308. The van der Waals surface area contributed by atoms with Gasteiger partial charge in [-0.3, -0.25) is 0 Å². The Labute approximate surface area is 235 Å². The first kappa shape index (κ1) is 28.9. The standard InChI is InChI=1S/C30H46B2N2O5/c1-27(2)28(3,4)37-31(36-27)25(20-12-11-13-20)26(32-38-29(5,6)30(7,8)39-32)21-15-16-23(22(18-21)19-33)34-24-14-9-10-17-35-24/h15-16,18-20,24,33-34H,9-14,17H2,1-8H3/b26-25-,33-19?. The van der Waals surface area contributed by atoms with Crippen LogP contribution in [-0.2, 0) is 23.4 Å². The van der Waals surface area contributed by atoms with Crippen LogP contribution in [0.2, 0.25) is 0 Å². The van der Waals surface area contributed by atoms with E-state index in [2.05, 4.69) is 78.9 Å². The van der Waals surface area contributed by atoms with Crippen LogP contribution in [0.4, 0.5) is 5.69 Å². The van der Waals surface area contributed by atoms with Gasteiger partial charge in [0.2, 0.25) is 0 Å². The van der Waals surface area contributed by atoms with E-state index in [9.17, 15) is 0 Å². The number of hydrogen-bond donors (Lipinski definition) is 2. The molecule has 4 aliphatic rings. The van der Waals surface area contributed by atoms with Crippen molar-refractivity contribution in [1.82, 2.24) is 0 Å². The molecule has 1 saturated carbocycles. The van der Waals surface area contributed by atoms with E-state index in [0.29, 0.717) is 5.92 Å². The van der Waals surface area contributed by atoms with Crippen LogP contribution in [0.25, 0.3) is 5.47 Å². The molecule has 5 rings (SSSR count). The SMILES string of the molecule is CC1(C)OB(/C(=C(\B2OC(C)(C)C(C)(C)O2)C2CCC2)c2ccc(NC3CCCCO3)c(C=N)c2)OC1(C)C. The highest BCUT2D eigenvalue weighted by molar-refractivity contribution is 6.74. The van der Waals surface area contributed by atoms with Gasteiger partial charge in [-0.05, 0) is 122 Å². The van der Waals surface area contributed by atoms with Crippen molar-refractivity contribution in [1.29, 1.82) is 5.41 Å². The summed E-state index contributed by atoms with van der Waals surface area (Å²) in [5.74, 6) is 0.325. The molecule has 0 radical (unpaired) electrons. The summed E-state index contributed by atoms with van der Waals surface area (Å²) < 4.78 is 32.6. The van der Waals surface area contributed by atoms with Crippen LogP contribution >= 0.6 is 0 Å². The molecule has 0 amide bonds. The summed E-state index contributed by atoms with van der Waals surface area (Å²) in [4.78, 5) is 0. The molecule has 1 aliphatic carbocycles. The molecule has 2 N–H and O–H groups in total. The van der Waals surface area contributed by atoms with Gasteiger partial charge in [0.25, 0.3) is 0 Å². The molecule has 3 saturated heterocycles. The zero-order valence-corrected chi connectivity index (χ0v) is 25.1. The molecule has 1 aromatic carbocycles. The fourth-order valence-corrected chi connectivity index (χ4v) is 5.64. The number of allylic oxidation sites excluding steroid dienone is 1. The highest BCUT2D eigenvalue weighted by atomic mass is 16.7. The average molecular weight is 536 g/mol. The van der Waals surface area contributed by atoms with Crippen LogP contribution in [0, 0.1) is 11.3 Å². The van der Waals surface area contributed by atoms with Gasteiger partial charge in [-0.15, -0.1) is 0 Å². The summed E-state index contributed by atoms with van der Waals surface area (Å²) >= 11 is 0. The lowest BCUT2D eigenvalue weighted by atomic mass is 9.55. The summed E-state index contributed by atoms with van der Waals surface area (Å²) in [6, 6.07) is 6.24. The average Bonchev–Trinajstić information content (AvgIpc) is 3.17. The fourth-order valence-electron chi connectivity index (χ4n) is 5.64. The van der Waals surface area contributed by atoms with Gasteiger partial charge in [0.15, 0.2) is 0 Å². The van der Waals surface area contributed by atoms with Crippen molar-refractivity contribution < 1.29 is 23.4 Å². The zero-order valence-electron chi connectivity index (χ0n) is 25.1. The van der Waals surface area contributed by atoms with Crippen LogP contribution in [0.3, 0.4) is 0 Å². The lowest BCUT2D eigenvalue weighted by Crippen LogP contribution is -2.41. The van der Waals surface area contributed by atoms with Crippen molar-refractivity contribution in [3.63, 3.8) is 0 Å². The van der Waals surface area contributed by atoms with Crippen molar-refractivity contribution in [2.24, 2.45) is 5.92 Å². The topological polar surface area (TPSA) is 82.0 Å². The molecule has 7 nitrogen and oxygen atoms in total. The van der Waals surface area contributed by atoms with Crippen LogP contribution in [-0.4, -0.2) is 55.7 Å². The molecule has 1 unspecified atom stereocenters. The monoisotopic (exact) mass is 536 g/mol. The normalized spacial score (nSPS) is 28.2. The smallest absolute Gasteiger partial charge is 0.400 e. The van der Waals surface area contributed by atoms with Crippen molar-refractivity contribution in [3.05, 3.63) is 34.8 Å².